The lowest BCUT2D eigenvalue weighted by atomic mass is 9.97. The first-order chi connectivity index (χ1) is 10.1. The molecule has 6 heteroatoms. The summed E-state index contributed by atoms with van der Waals surface area (Å²) < 4.78 is 0. The van der Waals surface area contributed by atoms with Crippen LogP contribution in [-0.2, 0) is 0 Å². The first-order valence-corrected chi connectivity index (χ1v) is 8.14. The highest BCUT2D eigenvalue weighted by Crippen LogP contribution is 2.25. The number of halogens is 1. The van der Waals surface area contributed by atoms with Crippen molar-refractivity contribution in [2.24, 2.45) is 5.92 Å². The van der Waals surface area contributed by atoms with Gasteiger partial charge in [-0.1, -0.05) is 18.5 Å². The van der Waals surface area contributed by atoms with Crippen molar-refractivity contribution in [2.75, 3.05) is 50.5 Å². The molecule has 118 valence electrons. The number of piperidine rings is 1. The molecule has 0 atom stereocenters. The molecule has 0 spiro atoms. The second-order valence-electron chi connectivity index (χ2n) is 5.92. The van der Waals surface area contributed by atoms with Crippen LogP contribution in [0.25, 0.3) is 0 Å². The molecule has 21 heavy (non-hydrogen) atoms. The molecule has 1 aliphatic heterocycles. The maximum absolute atomic E-state index is 6.26. The van der Waals surface area contributed by atoms with Crippen molar-refractivity contribution in [3.63, 3.8) is 0 Å². The monoisotopic (exact) mass is 311 g/mol. The van der Waals surface area contributed by atoms with Gasteiger partial charge in [-0.05, 0) is 45.3 Å². The fraction of sp³-hybridized carbons (Fsp3) is 0.733. The zero-order valence-corrected chi connectivity index (χ0v) is 14.0. The van der Waals surface area contributed by atoms with Gasteiger partial charge in [-0.2, -0.15) is 4.98 Å². The van der Waals surface area contributed by atoms with Crippen molar-refractivity contribution in [1.82, 2.24) is 14.9 Å². The first-order valence-electron chi connectivity index (χ1n) is 7.76. The van der Waals surface area contributed by atoms with E-state index in [4.69, 9.17) is 11.6 Å². The Kier molecular flexibility index (Phi) is 6.06. The predicted molar refractivity (Wildman–Crippen MR) is 89.3 cm³/mol. The Labute approximate surface area is 132 Å². The molecule has 1 aliphatic rings. The number of rotatable bonds is 6. The van der Waals surface area contributed by atoms with E-state index < -0.39 is 0 Å². The number of nitrogens with zero attached hydrogens (tertiary/aromatic N) is 4. The van der Waals surface area contributed by atoms with E-state index in [0.717, 1.165) is 25.3 Å². The third kappa shape index (κ3) is 4.71. The van der Waals surface area contributed by atoms with Crippen LogP contribution < -0.4 is 10.2 Å². The van der Waals surface area contributed by atoms with Crippen LogP contribution in [0.3, 0.4) is 0 Å². The minimum atomic E-state index is 0.618. The van der Waals surface area contributed by atoms with Crippen LogP contribution in [-0.4, -0.2) is 55.1 Å². The molecule has 1 N–H and O–H groups in total. The SMILES string of the molecule is CCCNc1ncc(Cl)c(N(C)CC2CCN(C)CC2)n1. The minimum absolute atomic E-state index is 0.618. The second-order valence-corrected chi connectivity index (χ2v) is 6.33. The fourth-order valence-corrected chi connectivity index (χ4v) is 2.90. The lowest BCUT2D eigenvalue weighted by Gasteiger charge is -2.32. The lowest BCUT2D eigenvalue weighted by molar-refractivity contribution is 0.222. The molecule has 1 aromatic rings. The van der Waals surface area contributed by atoms with E-state index in [1.807, 2.05) is 0 Å². The summed E-state index contributed by atoms with van der Waals surface area (Å²) in [5.41, 5.74) is 0. The molecule has 0 bridgehead atoms. The Hall–Kier alpha value is -1.07. The largest absolute Gasteiger partial charge is 0.358 e. The van der Waals surface area contributed by atoms with E-state index in [1.165, 1.54) is 25.9 Å². The first kappa shape index (κ1) is 16.3. The molecule has 0 aromatic carbocycles. The van der Waals surface area contributed by atoms with Gasteiger partial charge in [-0.25, -0.2) is 4.98 Å². The quantitative estimate of drug-likeness (QED) is 0.875. The van der Waals surface area contributed by atoms with Gasteiger partial charge in [0, 0.05) is 20.1 Å². The van der Waals surface area contributed by atoms with Gasteiger partial charge < -0.3 is 15.1 Å². The molecule has 1 saturated heterocycles. The van der Waals surface area contributed by atoms with E-state index in [2.05, 4.69) is 46.1 Å². The highest BCUT2D eigenvalue weighted by Gasteiger charge is 2.20. The minimum Gasteiger partial charge on any atom is -0.358 e. The summed E-state index contributed by atoms with van der Waals surface area (Å²) in [5, 5.41) is 3.83. The van der Waals surface area contributed by atoms with Crippen LogP contribution in [0.1, 0.15) is 26.2 Å². The van der Waals surface area contributed by atoms with Crippen LogP contribution >= 0.6 is 11.6 Å². The zero-order valence-electron chi connectivity index (χ0n) is 13.3. The summed E-state index contributed by atoms with van der Waals surface area (Å²) in [6.07, 6.45) is 5.22. The second kappa shape index (κ2) is 7.80. The molecule has 2 rings (SSSR count). The summed E-state index contributed by atoms with van der Waals surface area (Å²) in [6.45, 7) is 6.35. The van der Waals surface area contributed by atoms with Crippen LogP contribution in [0.5, 0.6) is 0 Å². The Morgan fingerprint density at radius 3 is 2.81 bits per heavy atom. The highest BCUT2D eigenvalue weighted by molar-refractivity contribution is 6.32. The normalized spacial score (nSPS) is 17.0. The summed E-state index contributed by atoms with van der Waals surface area (Å²) in [5.74, 6) is 2.19. The van der Waals surface area contributed by atoms with E-state index in [1.54, 1.807) is 6.20 Å². The van der Waals surface area contributed by atoms with Gasteiger partial charge in [0.1, 0.15) is 5.02 Å². The topological polar surface area (TPSA) is 44.3 Å². The van der Waals surface area contributed by atoms with Gasteiger partial charge in [0.05, 0.1) is 6.20 Å². The van der Waals surface area contributed by atoms with Gasteiger partial charge in [-0.3, -0.25) is 0 Å². The smallest absolute Gasteiger partial charge is 0.224 e. The Bertz CT molecular complexity index is 446. The van der Waals surface area contributed by atoms with Crippen molar-refractivity contribution in [2.45, 2.75) is 26.2 Å². The predicted octanol–water partition coefficient (Wildman–Crippen LogP) is 2.73. The molecule has 0 radical (unpaired) electrons. The molecular formula is C15H26ClN5. The van der Waals surface area contributed by atoms with Gasteiger partial charge in [0.15, 0.2) is 5.82 Å². The third-order valence-electron chi connectivity index (χ3n) is 3.99. The summed E-state index contributed by atoms with van der Waals surface area (Å²) >= 11 is 6.26. The third-order valence-corrected chi connectivity index (χ3v) is 4.26. The molecule has 5 nitrogen and oxygen atoms in total. The molecule has 0 amide bonds. The van der Waals surface area contributed by atoms with Crippen LogP contribution in [0.4, 0.5) is 11.8 Å². The maximum atomic E-state index is 6.26. The number of anilines is 2. The molecule has 1 aromatic heterocycles. The van der Waals surface area contributed by atoms with Crippen LogP contribution in [0.15, 0.2) is 6.20 Å². The standard InChI is InChI=1S/C15H26ClN5/c1-4-7-17-15-18-10-13(16)14(19-15)21(3)11-12-5-8-20(2)9-6-12/h10,12H,4-9,11H2,1-3H3,(H,17,18,19). The lowest BCUT2D eigenvalue weighted by Crippen LogP contribution is -2.36. The number of likely N-dealkylation sites (tertiary alicyclic amines) is 1. The van der Waals surface area contributed by atoms with Gasteiger partial charge in [-0.15, -0.1) is 0 Å². The Morgan fingerprint density at radius 1 is 1.43 bits per heavy atom. The van der Waals surface area contributed by atoms with Crippen LogP contribution in [0.2, 0.25) is 5.02 Å². The van der Waals surface area contributed by atoms with E-state index in [9.17, 15) is 0 Å². The van der Waals surface area contributed by atoms with E-state index >= 15 is 0 Å². The molecule has 2 heterocycles. The summed E-state index contributed by atoms with van der Waals surface area (Å²) in [7, 11) is 4.25. The number of aromatic nitrogens is 2. The van der Waals surface area contributed by atoms with Gasteiger partial charge in [0.25, 0.3) is 0 Å². The average Bonchev–Trinajstić information content (AvgIpc) is 2.48. The molecular weight excluding hydrogens is 286 g/mol. The summed E-state index contributed by atoms with van der Waals surface area (Å²) in [4.78, 5) is 13.3. The van der Waals surface area contributed by atoms with Crippen LogP contribution in [0, 0.1) is 5.92 Å². The van der Waals surface area contributed by atoms with Crippen molar-refractivity contribution in [3.8, 4) is 0 Å². The van der Waals surface area contributed by atoms with Crippen molar-refractivity contribution < 1.29 is 0 Å². The molecule has 1 fully saturated rings. The van der Waals surface area contributed by atoms with Gasteiger partial charge >= 0.3 is 0 Å². The molecule has 0 saturated carbocycles. The van der Waals surface area contributed by atoms with E-state index in [-0.39, 0.29) is 0 Å². The Balaban J connectivity index is 1.98. The zero-order chi connectivity index (χ0) is 15.2. The summed E-state index contributed by atoms with van der Waals surface area (Å²) in [6, 6.07) is 0. The Morgan fingerprint density at radius 2 is 2.14 bits per heavy atom. The maximum Gasteiger partial charge on any atom is 0.224 e. The van der Waals surface area contributed by atoms with Crippen molar-refractivity contribution >= 4 is 23.4 Å². The number of hydrogen-bond acceptors (Lipinski definition) is 5. The highest BCUT2D eigenvalue weighted by atomic mass is 35.5. The van der Waals surface area contributed by atoms with Gasteiger partial charge in [0.2, 0.25) is 5.95 Å². The van der Waals surface area contributed by atoms with Crippen molar-refractivity contribution in [3.05, 3.63) is 11.2 Å². The average molecular weight is 312 g/mol. The number of hydrogen-bond donors (Lipinski definition) is 1. The van der Waals surface area contributed by atoms with E-state index in [0.29, 0.717) is 16.9 Å². The molecule has 0 unspecified atom stereocenters. The fourth-order valence-electron chi connectivity index (χ4n) is 2.67. The van der Waals surface area contributed by atoms with Crippen molar-refractivity contribution in [1.29, 1.82) is 0 Å². The molecule has 0 aliphatic carbocycles. The number of nitrogens with one attached hydrogen (secondary N) is 1.